The molecule has 24 atom stereocenters. The summed E-state index contributed by atoms with van der Waals surface area (Å²) in [5.41, 5.74) is -1.66. The van der Waals surface area contributed by atoms with Gasteiger partial charge in [-0.15, -0.1) is 0 Å². The molecule has 8 amide bonds. The van der Waals surface area contributed by atoms with Crippen molar-refractivity contribution < 1.29 is 180 Å². The number of rotatable bonds is 59. The van der Waals surface area contributed by atoms with E-state index >= 15 is 0 Å². The number of likely N-dealkylation sites (tertiary alicyclic amines) is 1. The first kappa shape index (κ1) is 113. The van der Waals surface area contributed by atoms with Crippen molar-refractivity contribution in [2.75, 3.05) is 145 Å². The van der Waals surface area contributed by atoms with E-state index in [-0.39, 0.29) is 210 Å². The van der Waals surface area contributed by atoms with Gasteiger partial charge in [-0.1, -0.05) is 41.5 Å². The molecule has 6 rings (SSSR count). The fourth-order valence-corrected chi connectivity index (χ4v) is 15.7. The van der Waals surface area contributed by atoms with Crippen LogP contribution in [0.5, 0.6) is 0 Å². The van der Waals surface area contributed by atoms with Gasteiger partial charge in [0.1, 0.15) is 91.6 Å². The molecular weight excluding hydrogens is 1750 g/mol. The molecule has 5 fully saturated rings. The minimum Gasteiger partial charge on any atom is -0.463 e. The fourth-order valence-electron chi connectivity index (χ4n) is 15.7. The molecule has 1 aromatic rings. The van der Waals surface area contributed by atoms with Crippen LogP contribution in [-0.4, -0.2) is 394 Å². The van der Waals surface area contributed by atoms with E-state index in [1.54, 1.807) is 11.8 Å². The molecule has 0 aromatic heterocycles. The highest BCUT2D eigenvalue weighted by Gasteiger charge is 2.53. The van der Waals surface area contributed by atoms with Crippen LogP contribution in [-0.2, 0) is 125 Å². The van der Waals surface area contributed by atoms with Crippen LogP contribution in [0.1, 0.15) is 166 Å². The van der Waals surface area contributed by atoms with Crippen LogP contribution in [0.25, 0.3) is 0 Å². The van der Waals surface area contributed by atoms with Crippen LogP contribution in [0.3, 0.4) is 0 Å². The number of ether oxygens (including phenoxy) is 14. The molecule has 4 unspecified atom stereocenters. The summed E-state index contributed by atoms with van der Waals surface area (Å²) in [5, 5.41) is 121. The van der Waals surface area contributed by atoms with E-state index in [0.717, 1.165) is 6.07 Å². The van der Waals surface area contributed by atoms with E-state index in [2.05, 4.69) is 37.2 Å². The lowest BCUT2D eigenvalue weighted by atomic mass is 9.67. The highest BCUT2D eigenvalue weighted by Crippen LogP contribution is 2.48. The van der Waals surface area contributed by atoms with Gasteiger partial charge in [-0.3, -0.25) is 62.3 Å². The number of aliphatic hydroxyl groups excluding tert-OH is 10. The van der Waals surface area contributed by atoms with Gasteiger partial charge in [0.25, 0.3) is 11.8 Å². The Morgan fingerprint density at radius 2 is 0.932 bits per heavy atom. The highest BCUT2D eigenvalue weighted by molar-refractivity contribution is 6.03. The monoisotopic (exact) mass is 1890 g/mol. The summed E-state index contributed by atoms with van der Waals surface area (Å²) in [6.45, 7) is 12.4. The number of nitrogens with one attached hydrogen (secondary N) is 7. The number of carbonyl (C=O) groups excluding carboxylic acids is 13. The molecule has 750 valence electrons. The smallest absolute Gasteiger partial charge is 0.303 e. The van der Waals surface area contributed by atoms with Crippen molar-refractivity contribution in [3.8, 4) is 0 Å². The zero-order chi connectivity index (χ0) is 97.5. The average Bonchev–Trinajstić information content (AvgIpc) is 1.61. The van der Waals surface area contributed by atoms with Crippen molar-refractivity contribution in [1.82, 2.24) is 42.1 Å². The van der Waals surface area contributed by atoms with Crippen molar-refractivity contribution in [2.24, 2.45) is 28.6 Å². The first-order valence-electron chi connectivity index (χ1n) is 44.9. The number of ketones is 3. The van der Waals surface area contributed by atoms with E-state index in [1.807, 2.05) is 34.6 Å². The molecule has 0 spiro atoms. The van der Waals surface area contributed by atoms with Crippen molar-refractivity contribution in [3.63, 3.8) is 0 Å². The first-order valence-corrected chi connectivity index (χ1v) is 44.9. The van der Waals surface area contributed by atoms with Gasteiger partial charge in [0, 0.05) is 146 Å². The second kappa shape index (κ2) is 57.2. The Bertz CT molecular complexity index is 3830. The standard InChI is InChI=1S/C87H140N8O37/c1-11-86(9)45-95(46-87(86,10)47-99)69(109)21-20-68(108)90-40-59(105)38-55-36-56(79(116)93-60(62(106)15-13-25-120-29-34-125-84-70(91-51(5)100)76(114)74(112)64(42-97)130-84)18-19-67(107)88-22-26-121-31-35-126-85-71(92-52(6)101)77(115)75(113)65(43-98)131-85)39-57(37-55)80(117)94-61(81(118)89-23-27-122-30-33-124-83-50(4)72(110)73(111)63(41-96)129-83)17-16-58(104)14-12-24-119-28-32-123-82-49(3)48(2)78(128-54(8)103)66(132-82)44-127-53(7)102/h36-37,39,48-50,60-61,63-66,70-78,82-85,96-99,110-115H,11-35,38,40-47H2,1-10H3,(H,88,107)(H,89,118)(H,90,108)(H,91,100)(H,92,101)(H,93,116)(H,94,117)/t48-,49-,50-,60-,61-,63-,64-,65-,66-,70-,71-,72-,73+,74+,75+,76-,77-,78-,82?,83?,84?,85?,86+,87+/m1/s1. The molecule has 0 bridgehead atoms. The predicted octanol–water partition coefficient (Wildman–Crippen LogP) is -4.77. The van der Waals surface area contributed by atoms with E-state index in [9.17, 15) is 113 Å². The Morgan fingerprint density at radius 1 is 0.470 bits per heavy atom. The molecule has 0 radical (unpaired) electrons. The molecule has 17 N–H and O–H groups in total. The van der Waals surface area contributed by atoms with E-state index in [0.29, 0.717) is 13.0 Å². The largest absolute Gasteiger partial charge is 0.463 e. The highest BCUT2D eigenvalue weighted by atomic mass is 16.7. The number of esters is 2. The Labute approximate surface area is 766 Å². The number of hydrogen-bond donors (Lipinski definition) is 17. The quantitative estimate of drug-likeness (QED) is 0.0215. The van der Waals surface area contributed by atoms with Crippen LogP contribution >= 0.6 is 0 Å². The van der Waals surface area contributed by atoms with Crippen LogP contribution < -0.4 is 37.2 Å². The predicted molar refractivity (Wildman–Crippen MR) is 457 cm³/mol. The zero-order valence-electron chi connectivity index (χ0n) is 76.9. The number of aliphatic hydroxyl groups is 10. The molecule has 5 aliphatic heterocycles. The number of nitrogens with zero attached hydrogens (tertiary/aromatic N) is 1. The Hall–Kier alpha value is -7.95. The van der Waals surface area contributed by atoms with Crippen molar-refractivity contribution in [1.29, 1.82) is 0 Å². The van der Waals surface area contributed by atoms with Crippen molar-refractivity contribution >= 4 is 76.5 Å². The van der Waals surface area contributed by atoms with Crippen molar-refractivity contribution in [2.45, 2.75) is 263 Å². The number of carbonyl (C=O) groups is 13. The lowest BCUT2D eigenvalue weighted by molar-refractivity contribution is -0.284. The third-order valence-electron chi connectivity index (χ3n) is 24.2. The van der Waals surface area contributed by atoms with Crippen LogP contribution in [0.4, 0.5) is 0 Å². The summed E-state index contributed by atoms with van der Waals surface area (Å²) in [6.07, 6.45) is -20.4. The molecule has 45 nitrogen and oxygen atoms in total. The Kier molecular flexibility index (Phi) is 48.9. The average molecular weight is 1890 g/mol. The fraction of sp³-hybridized carbons (Fsp3) is 0.782. The van der Waals surface area contributed by atoms with Gasteiger partial charge in [-0.2, -0.15) is 0 Å². The van der Waals surface area contributed by atoms with E-state index in [4.69, 9.17) is 66.3 Å². The summed E-state index contributed by atoms with van der Waals surface area (Å²) in [7, 11) is 0. The molecular formula is C87H140N8O37. The van der Waals surface area contributed by atoms with Gasteiger partial charge in [-0.05, 0) is 61.3 Å². The maximum atomic E-state index is 14.9. The summed E-state index contributed by atoms with van der Waals surface area (Å²) in [5.74, 6) is -9.58. The molecule has 5 heterocycles. The minimum atomic E-state index is -1.59. The maximum absolute atomic E-state index is 14.9. The van der Waals surface area contributed by atoms with Gasteiger partial charge >= 0.3 is 11.9 Å². The van der Waals surface area contributed by atoms with Gasteiger partial charge in [0.15, 0.2) is 36.7 Å². The van der Waals surface area contributed by atoms with Gasteiger partial charge in [-0.25, -0.2) is 0 Å². The molecule has 5 saturated heterocycles. The van der Waals surface area contributed by atoms with Crippen LogP contribution in [0.15, 0.2) is 18.2 Å². The lowest BCUT2D eigenvalue weighted by Gasteiger charge is -2.43. The molecule has 45 heteroatoms. The second-order valence-corrected chi connectivity index (χ2v) is 34.3. The lowest BCUT2D eigenvalue weighted by Crippen LogP contribution is -2.64. The number of benzene rings is 1. The van der Waals surface area contributed by atoms with E-state index in [1.165, 1.54) is 39.8 Å². The Balaban J connectivity index is 1.20. The topological polar surface area (TPSA) is 641 Å². The normalized spacial score (nSPS) is 28.7. The van der Waals surface area contributed by atoms with Gasteiger partial charge in [0.2, 0.25) is 35.4 Å². The minimum absolute atomic E-state index is 0.00388. The summed E-state index contributed by atoms with van der Waals surface area (Å²) in [6, 6.07) is -1.85. The van der Waals surface area contributed by atoms with E-state index < -0.39 is 237 Å². The maximum Gasteiger partial charge on any atom is 0.303 e. The zero-order valence-corrected chi connectivity index (χ0v) is 76.9. The Morgan fingerprint density at radius 3 is 1.43 bits per heavy atom. The molecule has 5 aliphatic rings. The van der Waals surface area contributed by atoms with Gasteiger partial charge < -0.3 is 159 Å². The third kappa shape index (κ3) is 35.6. The van der Waals surface area contributed by atoms with Crippen molar-refractivity contribution in [3.05, 3.63) is 34.9 Å². The number of hydrogen-bond acceptors (Lipinski definition) is 37. The van der Waals surface area contributed by atoms with Crippen LogP contribution in [0, 0.1) is 28.6 Å². The molecule has 132 heavy (non-hydrogen) atoms. The second-order valence-electron chi connectivity index (χ2n) is 34.3. The molecule has 1 aromatic carbocycles. The number of Topliss-reactive ketones (excluding diaryl/α,β-unsaturated/α-hetero) is 3. The number of amides is 8. The summed E-state index contributed by atoms with van der Waals surface area (Å²) in [4.78, 5) is 176. The third-order valence-corrected chi connectivity index (χ3v) is 24.2. The van der Waals surface area contributed by atoms with Gasteiger partial charge in [0.05, 0.1) is 111 Å². The molecule has 0 saturated carbocycles. The first-order chi connectivity index (χ1) is 62.7. The summed E-state index contributed by atoms with van der Waals surface area (Å²) >= 11 is 0. The SMILES string of the molecule is CC[C@@]1(C)CN(C(=O)CCC(=O)NCC(=O)Cc2cc(C(=O)N[C@H](CCC(=O)NCCOCCOC3O[C@H](CO)[C@H](O)[C@H](O)[C@H]3NC(C)=O)C(=O)CCCOCCOC3O[C@H](CO)[C@H](O)[C@H](O)[C@H]3NC(C)=O)cc(C(=O)N[C@H](CCC(=O)CCCOCCOC3O[C@H](COC(C)=O)[C@H](OC(C)=O)[C@H](C)[C@H]3C)C(=O)NCCOCCOC3O[C@H](CO)[C@H](O)[C@H](O)[C@H]3C)c2)C[C@@]1(C)CO. The molecule has 0 aliphatic carbocycles. The van der Waals surface area contributed by atoms with Crippen LogP contribution in [0.2, 0.25) is 0 Å². The summed E-state index contributed by atoms with van der Waals surface area (Å²) < 4.78 is 79.6.